The maximum atomic E-state index is 2.62. The summed E-state index contributed by atoms with van der Waals surface area (Å²) in [4.78, 5) is 0. The van der Waals surface area contributed by atoms with Gasteiger partial charge in [-0.25, -0.2) is 0 Å². The van der Waals surface area contributed by atoms with E-state index in [0.29, 0.717) is 11.8 Å². The summed E-state index contributed by atoms with van der Waals surface area (Å²) in [6, 6.07) is 31.7. The molecule has 0 fully saturated rings. The molecule has 0 aromatic heterocycles. The van der Waals surface area contributed by atoms with E-state index in [1.165, 1.54) is 44.5 Å². The fraction of sp³-hybridized carbons (Fsp3) is 0.222. The van der Waals surface area contributed by atoms with Crippen LogP contribution in [-0.4, -0.2) is 13.3 Å². The Morgan fingerprint density at radius 1 is 0.514 bits per heavy atom. The second-order valence-electron chi connectivity index (χ2n) is 11.5. The molecule has 0 saturated heterocycles. The Balaban J connectivity index is 1.48. The SMILES string of the molecule is Cc1cc[c]([Ge]([CH3])([CH3])[c]2ccc(C)c3c2C(C)C(c2ccccc2)=C3)c2c1C=C(c1ccccc1)C2C. The summed E-state index contributed by atoms with van der Waals surface area (Å²) < 4.78 is 3.28. The van der Waals surface area contributed by atoms with Crippen molar-refractivity contribution in [3.05, 3.63) is 129 Å². The zero-order valence-electron chi connectivity index (χ0n) is 22.9. The first-order chi connectivity index (χ1) is 17.8. The van der Waals surface area contributed by atoms with Crippen LogP contribution in [0.3, 0.4) is 0 Å². The van der Waals surface area contributed by atoms with Crippen molar-refractivity contribution in [3.8, 4) is 0 Å². The van der Waals surface area contributed by atoms with Crippen LogP contribution in [0.4, 0.5) is 0 Å². The summed E-state index contributed by atoms with van der Waals surface area (Å²) in [6.45, 7) is 9.40. The standard InChI is InChI=1S/C36H36Ge/c1-23-17-19-33(35-25(3)31(21-29(23)35)27-13-9-7-10-14-27)37(5,6)34-20-18-24(2)30-22-32(26(4)36(30)34)28-15-11-8-12-16-28/h7-22,25-26H,1-6H3. The summed E-state index contributed by atoms with van der Waals surface area (Å²) in [5.74, 6) is 6.06. The van der Waals surface area contributed by atoms with E-state index in [-0.39, 0.29) is 0 Å². The second kappa shape index (κ2) is 9.03. The van der Waals surface area contributed by atoms with Gasteiger partial charge in [0, 0.05) is 0 Å². The molecule has 0 bridgehead atoms. The fourth-order valence-electron chi connectivity index (χ4n) is 6.84. The van der Waals surface area contributed by atoms with Crippen molar-refractivity contribution in [2.45, 2.75) is 51.0 Å². The Kier molecular flexibility index (Phi) is 5.92. The first kappa shape index (κ1) is 24.3. The minimum absolute atomic E-state index is 0.408. The van der Waals surface area contributed by atoms with Crippen molar-refractivity contribution >= 4 is 45.4 Å². The Morgan fingerprint density at radius 3 is 1.27 bits per heavy atom. The van der Waals surface area contributed by atoms with E-state index < -0.39 is 13.3 Å². The second-order valence-corrected chi connectivity index (χ2v) is 20.6. The van der Waals surface area contributed by atoms with Gasteiger partial charge < -0.3 is 0 Å². The van der Waals surface area contributed by atoms with Gasteiger partial charge in [0.1, 0.15) is 0 Å². The van der Waals surface area contributed by atoms with Crippen molar-refractivity contribution in [1.29, 1.82) is 0 Å². The molecule has 2 atom stereocenters. The predicted molar refractivity (Wildman–Crippen MR) is 165 cm³/mol. The first-order valence-electron chi connectivity index (χ1n) is 13.6. The molecule has 0 N–H and O–H groups in total. The normalized spacial score (nSPS) is 18.3. The summed E-state index contributed by atoms with van der Waals surface area (Å²) in [6.07, 6.45) is 4.95. The Bertz CT molecular complexity index is 1450. The van der Waals surface area contributed by atoms with Gasteiger partial charge in [0.2, 0.25) is 0 Å². The topological polar surface area (TPSA) is 0 Å². The quantitative estimate of drug-likeness (QED) is 0.228. The molecule has 0 nitrogen and oxygen atoms in total. The van der Waals surface area contributed by atoms with Gasteiger partial charge in [-0.2, -0.15) is 0 Å². The number of allylic oxidation sites excluding steroid dienone is 2. The molecule has 0 radical (unpaired) electrons. The van der Waals surface area contributed by atoms with Crippen molar-refractivity contribution in [3.63, 3.8) is 0 Å². The molecule has 4 aromatic carbocycles. The van der Waals surface area contributed by atoms with E-state index in [9.17, 15) is 0 Å². The van der Waals surface area contributed by atoms with Gasteiger partial charge in [-0.1, -0.05) is 0 Å². The Morgan fingerprint density at radius 2 is 0.892 bits per heavy atom. The van der Waals surface area contributed by atoms with Gasteiger partial charge in [-0.15, -0.1) is 0 Å². The molecule has 0 saturated carbocycles. The molecular weight excluding hydrogens is 505 g/mol. The average Bonchev–Trinajstić information content (AvgIpc) is 3.44. The van der Waals surface area contributed by atoms with E-state index in [1.807, 2.05) is 0 Å². The zero-order valence-corrected chi connectivity index (χ0v) is 25.0. The third kappa shape index (κ3) is 3.80. The minimum atomic E-state index is -2.69. The molecule has 0 amide bonds. The summed E-state index contributed by atoms with van der Waals surface area (Å²) in [5, 5.41) is 0. The summed E-state index contributed by atoms with van der Waals surface area (Å²) in [5.41, 5.74) is 14.5. The van der Waals surface area contributed by atoms with Crippen LogP contribution in [0.2, 0.25) is 11.5 Å². The number of rotatable bonds is 4. The van der Waals surface area contributed by atoms with Crippen molar-refractivity contribution in [1.82, 2.24) is 0 Å². The third-order valence-corrected chi connectivity index (χ3v) is 16.5. The molecule has 184 valence electrons. The van der Waals surface area contributed by atoms with Crippen LogP contribution in [0, 0.1) is 13.8 Å². The maximum absolute atomic E-state index is 2.69. The van der Waals surface area contributed by atoms with Gasteiger partial charge in [0.25, 0.3) is 0 Å². The van der Waals surface area contributed by atoms with Crippen molar-refractivity contribution < 1.29 is 0 Å². The van der Waals surface area contributed by atoms with Crippen LogP contribution < -0.4 is 8.79 Å². The van der Waals surface area contributed by atoms with Crippen LogP contribution in [0.5, 0.6) is 0 Å². The van der Waals surface area contributed by atoms with Crippen LogP contribution in [0.25, 0.3) is 23.3 Å². The number of aryl methyl sites for hydroxylation is 2. The van der Waals surface area contributed by atoms with Gasteiger partial charge in [0.15, 0.2) is 0 Å². The summed E-state index contributed by atoms with van der Waals surface area (Å²) in [7, 11) is 0. The number of hydrogen-bond donors (Lipinski definition) is 0. The van der Waals surface area contributed by atoms with Crippen molar-refractivity contribution in [2.75, 3.05) is 0 Å². The monoisotopic (exact) mass is 542 g/mol. The van der Waals surface area contributed by atoms with Crippen LogP contribution in [0.1, 0.15) is 70.2 Å². The van der Waals surface area contributed by atoms with Crippen LogP contribution >= 0.6 is 0 Å². The zero-order chi connectivity index (χ0) is 25.9. The molecule has 1 heteroatoms. The van der Waals surface area contributed by atoms with E-state index in [4.69, 9.17) is 0 Å². The molecule has 0 heterocycles. The molecule has 6 rings (SSSR count). The number of benzene rings is 4. The van der Waals surface area contributed by atoms with Gasteiger partial charge in [0.05, 0.1) is 0 Å². The molecule has 0 aliphatic heterocycles. The third-order valence-electron chi connectivity index (χ3n) is 8.97. The molecule has 2 aliphatic rings. The van der Waals surface area contributed by atoms with Gasteiger partial charge in [-0.05, 0) is 0 Å². The van der Waals surface area contributed by atoms with E-state index in [1.54, 1.807) is 19.9 Å². The molecule has 2 unspecified atom stereocenters. The first-order valence-corrected chi connectivity index (χ1v) is 19.9. The summed E-state index contributed by atoms with van der Waals surface area (Å²) >= 11 is -2.69. The average molecular weight is 541 g/mol. The predicted octanol–water partition coefficient (Wildman–Crippen LogP) is 8.44. The Hall–Kier alpha value is -3.10. The van der Waals surface area contributed by atoms with E-state index in [2.05, 4.69) is 136 Å². The Labute approximate surface area is 225 Å². The van der Waals surface area contributed by atoms with E-state index in [0.717, 1.165) is 0 Å². The molecular formula is C36H36Ge. The van der Waals surface area contributed by atoms with Gasteiger partial charge in [-0.3, -0.25) is 0 Å². The van der Waals surface area contributed by atoms with Crippen molar-refractivity contribution in [2.24, 2.45) is 0 Å². The van der Waals surface area contributed by atoms with E-state index >= 15 is 0 Å². The fourth-order valence-corrected chi connectivity index (χ4v) is 13.8. The van der Waals surface area contributed by atoms with Crippen LogP contribution in [0.15, 0.2) is 84.9 Å². The molecule has 2 aliphatic carbocycles. The van der Waals surface area contributed by atoms with Crippen LogP contribution in [-0.2, 0) is 0 Å². The number of hydrogen-bond acceptors (Lipinski definition) is 0. The molecule has 0 spiro atoms. The molecule has 37 heavy (non-hydrogen) atoms. The van der Waals surface area contributed by atoms with Gasteiger partial charge >= 0.3 is 226 Å². The number of fused-ring (bicyclic) bond motifs is 2. The molecule has 4 aromatic rings.